The van der Waals surface area contributed by atoms with Crippen molar-refractivity contribution in [3.05, 3.63) is 23.5 Å². The normalized spacial score (nSPS) is 22.2. The van der Waals surface area contributed by atoms with Gasteiger partial charge in [0.15, 0.2) is 0 Å². The van der Waals surface area contributed by atoms with Gasteiger partial charge in [-0.3, -0.25) is 0 Å². The Morgan fingerprint density at radius 2 is 2.29 bits per heavy atom. The van der Waals surface area contributed by atoms with Crippen LogP contribution in [0.25, 0.3) is 0 Å². The Labute approximate surface area is 123 Å². The molecule has 0 aromatic heterocycles. The summed E-state index contributed by atoms with van der Waals surface area (Å²) in [5, 5.41) is 9.75. The lowest BCUT2D eigenvalue weighted by Crippen LogP contribution is -2.42. The van der Waals surface area contributed by atoms with Crippen molar-refractivity contribution in [1.29, 1.82) is 0 Å². The molecule has 5 nitrogen and oxygen atoms in total. The Bertz CT molecular complexity index is 536. The summed E-state index contributed by atoms with van der Waals surface area (Å²) < 4.78 is 19.1. The molecule has 0 bridgehead atoms. The van der Waals surface area contributed by atoms with Crippen molar-refractivity contribution in [2.75, 3.05) is 30.3 Å². The second-order valence-electron chi connectivity index (χ2n) is 5.39. The molecule has 1 heterocycles. The lowest BCUT2D eigenvalue weighted by Gasteiger charge is -2.36. The summed E-state index contributed by atoms with van der Waals surface area (Å²) in [6.07, 6.45) is 0.197. The van der Waals surface area contributed by atoms with E-state index in [4.69, 9.17) is 10.5 Å². The highest BCUT2D eigenvalue weighted by Gasteiger charge is 2.27. The summed E-state index contributed by atoms with van der Waals surface area (Å²) in [7, 11) is 0. The van der Waals surface area contributed by atoms with Gasteiger partial charge in [0.05, 0.1) is 24.0 Å². The number of hydrogen-bond donors (Lipinski definition) is 2. The maximum atomic E-state index is 14.2. The molecule has 6 heteroatoms. The lowest BCUT2D eigenvalue weighted by molar-refractivity contribution is 0.0527. The van der Waals surface area contributed by atoms with Crippen LogP contribution in [0.1, 0.15) is 30.6 Å². The number of benzene rings is 1. The molecule has 1 aromatic carbocycles. The van der Waals surface area contributed by atoms with Crippen LogP contribution >= 0.6 is 0 Å². The number of esters is 1. The second-order valence-corrected chi connectivity index (χ2v) is 5.39. The largest absolute Gasteiger partial charge is 0.462 e. The first kappa shape index (κ1) is 15.6. The topological polar surface area (TPSA) is 75.8 Å². The van der Waals surface area contributed by atoms with Gasteiger partial charge in [0.25, 0.3) is 0 Å². The minimum atomic E-state index is -0.554. The Morgan fingerprint density at radius 3 is 2.90 bits per heavy atom. The van der Waals surface area contributed by atoms with Crippen LogP contribution in [0.5, 0.6) is 0 Å². The number of aliphatic hydroxyl groups excluding tert-OH is 1. The van der Waals surface area contributed by atoms with Gasteiger partial charge >= 0.3 is 5.97 Å². The number of aliphatic hydroxyl groups is 1. The zero-order valence-corrected chi connectivity index (χ0v) is 12.3. The zero-order chi connectivity index (χ0) is 15.6. The van der Waals surface area contributed by atoms with Crippen LogP contribution in [0.2, 0.25) is 0 Å². The van der Waals surface area contributed by atoms with Gasteiger partial charge in [-0.1, -0.05) is 6.92 Å². The molecule has 0 aliphatic carbocycles. The van der Waals surface area contributed by atoms with Gasteiger partial charge in [0, 0.05) is 18.8 Å². The molecule has 1 saturated heterocycles. The second kappa shape index (κ2) is 6.30. The van der Waals surface area contributed by atoms with Crippen molar-refractivity contribution in [1.82, 2.24) is 0 Å². The van der Waals surface area contributed by atoms with Crippen molar-refractivity contribution in [2.24, 2.45) is 5.92 Å². The fourth-order valence-corrected chi connectivity index (χ4v) is 2.56. The Hall–Kier alpha value is -1.82. The molecule has 0 radical (unpaired) electrons. The van der Waals surface area contributed by atoms with E-state index in [1.54, 1.807) is 6.92 Å². The Kier molecular flexibility index (Phi) is 4.67. The average molecular weight is 296 g/mol. The van der Waals surface area contributed by atoms with E-state index in [2.05, 4.69) is 0 Å². The molecule has 0 spiro atoms. The van der Waals surface area contributed by atoms with E-state index >= 15 is 0 Å². The van der Waals surface area contributed by atoms with Gasteiger partial charge in [-0.2, -0.15) is 0 Å². The fourth-order valence-electron chi connectivity index (χ4n) is 2.56. The van der Waals surface area contributed by atoms with Crippen LogP contribution in [0.4, 0.5) is 15.8 Å². The van der Waals surface area contributed by atoms with Crippen LogP contribution in [-0.4, -0.2) is 36.9 Å². The molecule has 0 amide bonds. The number of ether oxygens (including phenoxy) is 1. The van der Waals surface area contributed by atoms with E-state index in [0.717, 1.165) is 6.07 Å². The fraction of sp³-hybridized carbons (Fsp3) is 0.533. The van der Waals surface area contributed by atoms with Crippen molar-refractivity contribution < 1.29 is 19.0 Å². The predicted molar refractivity (Wildman–Crippen MR) is 78.8 cm³/mol. The van der Waals surface area contributed by atoms with Crippen LogP contribution in [0.3, 0.4) is 0 Å². The van der Waals surface area contributed by atoms with Crippen LogP contribution in [-0.2, 0) is 4.74 Å². The molecule has 116 valence electrons. The predicted octanol–water partition coefficient (Wildman–Crippen LogP) is 1.79. The van der Waals surface area contributed by atoms with Gasteiger partial charge in [-0.05, 0) is 31.4 Å². The molecular formula is C15H21FN2O3. The highest BCUT2D eigenvalue weighted by molar-refractivity contribution is 5.96. The Balaban J connectivity index is 2.31. The van der Waals surface area contributed by atoms with Gasteiger partial charge in [0.2, 0.25) is 0 Å². The van der Waals surface area contributed by atoms with Crippen LogP contribution < -0.4 is 10.6 Å². The van der Waals surface area contributed by atoms with E-state index in [1.165, 1.54) is 6.07 Å². The molecule has 1 aromatic rings. The number of hydrogen-bond acceptors (Lipinski definition) is 5. The number of piperidine rings is 1. The maximum Gasteiger partial charge on any atom is 0.340 e. The smallest absolute Gasteiger partial charge is 0.340 e. The number of nitrogen functional groups attached to an aromatic ring is 1. The minimum Gasteiger partial charge on any atom is -0.462 e. The van der Waals surface area contributed by atoms with Crippen molar-refractivity contribution in [3.63, 3.8) is 0 Å². The summed E-state index contributed by atoms with van der Waals surface area (Å²) in [4.78, 5) is 13.7. The Morgan fingerprint density at radius 1 is 1.57 bits per heavy atom. The maximum absolute atomic E-state index is 14.2. The van der Waals surface area contributed by atoms with Gasteiger partial charge in [-0.15, -0.1) is 0 Å². The third kappa shape index (κ3) is 3.26. The highest BCUT2D eigenvalue weighted by atomic mass is 19.1. The summed E-state index contributed by atoms with van der Waals surface area (Å²) in [6, 6.07) is 2.59. The molecular weight excluding hydrogens is 275 g/mol. The number of carbonyl (C=O) groups excluding carboxylic acids is 1. The zero-order valence-electron chi connectivity index (χ0n) is 12.3. The summed E-state index contributed by atoms with van der Waals surface area (Å²) in [5.41, 5.74) is 6.27. The van der Waals surface area contributed by atoms with E-state index in [0.29, 0.717) is 25.2 Å². The molecule has 1 aliphatic rings. The van der Waals surface area contributed by atoms with E-state index < -0.39 is 11.8 Å². The van der Waals surface area contributed by atoms with E-state index in [1.807, 2.05) is 11.8 Å². The molecule has 1 aliphatic heterocycles. The van der Waals surface area contributed by atoms with Crippen LogP contribution in [0.15, 0.2) is 12.1 Å². The average Bonchev–Trinajstić information content (AvgIpc) is 2.42. The summed E-state index contributed by atoms with van der Waals surface area (Å²) >= 11 is 0. The molecule has 2 rings (SSSR count). The minimum absolute atomic E-state index is 0.0433. The van der Waals surface area contributed by atoms with Crippen molar-refractivity contribution in [3.8, 4) is 0 Å². The van der Waals surface area contributed by atoms with Gasteiger partial charge in [-0.25, -0.2) is 9.18 Å². The standard InChI is InChI=1S/C15H21FN2O3/c1-3-21-15(20)10-6-13(11(16)7-12(10)17)18-5-4-14(19)9(2)8-18/h6-7,9,14,19H,3-5,8,17H2,1-2H3. The number of anilines is 2. The van der Waals surface area contributed by atoms with Crippen molar-refractivity contribution >= 4 is 17.3 Å². The van der Waals surface area contributed by atoms with Gasteiger partial charge < -0.3 is 20.5 Å². The monoisotopic (exact) mass is 296 g/mol. The first-order chi connectivity index (χ1) is 9.93. The van der Waals surface area contributed by atoms with Crippen LogP contribution in [0, 0.1) is 11.7 Å². The molecule has 2 unspecified atom stereocenters. The van der Waals surface area contributed by atoms with Gasteiger partial charge in [0.1, 0.15) is 5.82 Å². The van der Waals surface area contributed by atoms with E-state index in [-0.39, 0.29) is 29.9 Å². The first-order valence-electron chi connectivity index (χ1n) is 7.13. The SMILES string of the molecule is CCOC(=O)c1cc(N2CCC(O)C(C)C2)c(F)cc1N. The number of halogens is 1. The lowest BCUT2D eigenvalue weighted by atomic mass is 9.96. The molecule has 3 N–H and O–H groups in total. The van der Waals surface area contributed by atoms with E-state index in [9.17, 15) is 14.3 Å². The number of nitrogens with zero attached hydrogens (tertiary/aromatic N) is 1. The number of carbonyl (C=O) groups is 1. The number of rotatable bonds is 3. The first-order valence-corrected chi connectivity index (χ1v) is 7.13. The molecule has 0 saturated carbocycles. The summed E-state index contributed by atoms with van der Waals surface area (Å²) in [6.45, 7) is 4.92. The highest BCUT2D eigenvalue weighted by Crippen LogP contribution is 2.29. The molecule has 1 fully saturated rings. The molecule has 2 atom stereocenters. The quantitative estimate of drug-likeness (QED) is 0.657. The number of nitrogens with two attached hydrogens (primary N) is 1. The van der Waals surface area contributed by atoms with Crippen molar-refractivity contribution in [2.45, 2.75) is 26.4 Å². The third-order valence-electron chi connectivity index (χ3n) is 3.82. The molecule has 21 heavy (non-hydrogen) atoms. The summed E-state index contributed by atoms with van der Waals surface area (Å²) in [5.74, 6) is -0.979. The third-order valence-corrected chi connectivity index (χ3v) is 3.82.